The molecule has 0 saturated carbocycles. The summed E-state index contributed by atoms with van der Waals surface area (Å²) < 4.78 is 5.46. The third kappa shape index (κ3) is 6.73. The van der Waals surface area contributed by atoms with Crippen LogP contribution in [0.3, 0.4) is 0 Å². The molecule has 0 fully saturated rings. The molecule has 3 N–H and O–H groups in total. The third-order valence-corrected chi connectivity index (χ3v) is 2.26. The number of anilines is 2. The lowest BCUT2D eigenvalue weighted by Gasteiger charge is -2.11. The van der Waals surface area contributed by atoms with Crippen LogP contribution in [0.15, 0.2) is 0 Å². The number of ether oxygens (including phenoxy) is 1. The van der Waals surface area contributed by atoms with Crippen molar-refractivity contribution >= 4 is 17.8 Å². The molecule has 0 aliphatic carbocycles. The molecule has 118 valence electrons. The smallest absolute Gasteiger partial charge is 0.323 e. The van der Waals surface area contributed by atoms with E-state index in [1.807, 2.05) is 27.7 Å². The van der Waals surface area contributed by atoms with E-state index in [4.69, 9.17) is 4.74 Å². The van der Waals surface area contributed by atoms with Gasteiger partial charge in [-0.2, -0.15) is 15.0 Å². The lowest BCUT2D eigenvalue weighted by Crippen LogP contribution is -2.31. The second-order valence-corrected chi connectivity index (χ2v) is 5.08. The summed E-state index contributed by atoms with van der Waals surface area (Å²) in [6.07, 6.45) is 0.320. The van der Waals surface area contributed by atoms with Gasteiger partial charge in [-0.1, -0.05) is 0 Å². The lowest BCUT2D eigenvalue weighted by molar-refractivity contribution is -0.121. The van der Waals surface area contributed by atoms with Crippen molar-refractivity contribution in [3.8, 4) is 6.01 Å². The second kappa shape index (κ2) is 8.23. The van der Waals surface area contributed by atoms with Crippen molar-refractivity contribution in [2.24, 2.45) is 0 Å². The van der Waals surface area contributed by atoms with E-state index < -0.39 is 0 Å². The molecular formula is C13H24N6O2. The van der Waals surface area contributed by atoms with Gasteiger partial charge >= 0.3 is 6.01 Å². The van der Waals surface area contributed by atoms with Crippen molar-refractivity contribution < 1.29 is 9.53 Å². The van der Waals surface area contributed by atoms with E-state index in [1.54, 1.807) is 7.05 Å². The monoisotopic (exact) mass is 296 g/mol. The summed E-state index contributed by atoms with van der Waals surface area (Å²) in [4.78, 5) is 24.0. The van der Waals surface area contributed by atoms with Gasteiger partial charge in [0.2, 0.25) is 17.8 Å². The number of carbonyl (C=O) groups excluding carboxylic acids is 1. The average Bonchev–Trinajstić information content (AvgIpc) is 2.36. The Kier molecular flexibility index (Phi) is 6.64. The van der Waals surface area contributed by atoms with Crippen LogP contribution in [0.4, 0.5) is 11.9 Å². The number of amides is 1. The van der Waals surface area contributed by atoms with Crippen molar-refractivity contribution in [3.63, 3.8) is 0 Å². The average molecular weight is 296 g/mol. The van der Waals surface area contributed by atoms with Gasteiger partial charge in [0.05, 0.1) is 6.10 Å². The number of carbonyl (C=O) groups is 1. The first kappa shape index (κ1) is 16.9. The minimum absolute atomic E-state index is 0.0148. The van der Waals surface area contributed by atoms with Gasteiger partial charge in [-0.25, -0.2) is 0 Å². The molecule has 0 aliphatic rings. The Bertz CT molecular complexity index is 464. The van der Waals surface area contributed by atoms with Crippen molar-refractivity contribution in [3.05, 3.63) is 0 Å². The van der Waals surface area contributed by atoms with Gasteiger partial charge in [-0.3, -0.25) is 4.79 Å². The predicted octanol–water partition coefficient (Wildman–Crippen LogP) is 1.03. The SMILES string of the molecule is CNc1nc(NCCC(=O)NC(C)C)nc(OC(C)C)n1. The first-order valence-electron chi connectivity index (χ1n) is 7.04. The highest BCUT2D eigenvalue weighted by molar-refractivity contribution is 5.76. The zero-order chi connectivity index (χ0) is 15.8. The molecule has 0 radical (unpaired) electrons. The Morgan fingerprint density at radius 2 is 1.81 bits per heavy atom. The molecule has 0 atom stereocenters. The number of nitrogens with one attached hydrogen (secondary N) is 3. The molecule has 1 rings (SSSR count). The fourth-order valence-electron chi connectivity index (χ4n) is 1.49. The minimum atomic E-state index is -0.0261. The van der Waals surface area contributed by atoms with Gasteiger partial charge in [0.15, 0.2) is 0 Å². The van der Waals surface area contributed by atoms with E-state index in [2.05, 4.69) is 30.9 Å². The van der Waals surface area contributed by atoms with E-state index >= 15 is 0 Å². The Labute approximate surface area is 125 Å². The molecule has 8 nitrogen and oxygen atoms in total. The van der Waals surface area contributed by atoms with Gasteiger partial charge in [0.1, 0.15) is 0 Å². The van der Waals surface area contributed by atoms with Crippen LogP contribution in [-0.2, 0) is 4.79 Å². The quantitative estimate of drug-likeness (QED) is 0.658. The van der Waals surface area contributed by atoms with Crippen LogP contribution in [0.25, 0.3) is 0 Å². The number of rotatable bonds is 8. The van der Waals surface area contributed by atoms with Gasteiger partial charge in [-0.05, 0) is 27.7 Å². The molecule has 0 unspecified atom stereocenters. The van der Waals surface area contributed by atoms with E-state index in [0.717, 1.165) is 0 Å². The summed E-state index contributed by atoms with van der Waals surface area (Å²) in [5, 5.41) is 8.66. The van der Waals surface area contributed by atoms with Crippen LogP contribution in [0.2, 0.25) is 0 Å². The maximum Gasteiger partial charge on any atom is 0.323 e. The van der Waals surface area contributed by atoms with Gasteiger partial charge < -0.3 is 20.7 Å². The molecule has 0 aromatic carbocycles. The summed E-state index contributed by atoms with van der Waals surface area (Å²) >= 11 is 0. The number of nitrogens with zero attached hydrogens (tertiary/aromatic N) is 3. The highest BCUT2D eigenvalue weighted by atomic mass is 16.5. The Morgan fingerprint density at radius 1 is 1.14 bits per heavy atom. The topological polar surface area (TPSA) is 101 Å². The molecule has 1 aromatic rings. The molecule has 8 heteroatoms. The van der Waals surface area contributed by atoms with Crippen molar-refractivity contribution in [1.82, 2.24) is 20.3 Å². The zero-order valence-corrected chi connectivity index (χ0v) is 13.2. The molecule has 0 spiro atoms. The zero-order valence-electron chi connectivity index (χ0n) is 13.2. The maximum atomic E-state index is 11.5. The normalized spacial score (nSPS) is 10.6. The van der Waals surface area contributed by atoms with Crippen molar-refractivity contribution in [2.45, 2.75) is 46.3 Å². The molecule has 1 amide bonds. The summed E-state index contributed by atoms with van der Waals surface area (Å²) in [6, 6.07) is 0.384. The van der Waals surface area contributed by atoms with E-state index in [1.165, 1.54) is 0 Å². The molecule has 1 heterocycles. The van der Waals surface area contributed by atoms with E-state index in [0.29, 0.717) is 24.9 Å². The van der Waals surface area contributed by atoms with Gasteiger partial charge in [-0.15, -0.1) is 0 Å². The first-order valence-corrected chi connectivity index (χ1v) is 7.04. The number of aromatic nitrogens is 3. The summed E-state index contributed by atoms with van der Waals surface area (Å²) in [5.74, 6) is 0.774. The van der Waals surface area contributed by atoms with E-state index in [9.17, 15) is 4.79 Å². The molecule has 0 bridgehead atoms. The fourth-order valence-corrected chi connectivity index (χ4v) is 1.49. The minimum Gasteiger partial charge on any atom is -0.461 e. The largest absolute Gasteiger partial charge is 0.461 e. The van der Waals surface area contributed by atoms with Crippen LogP contribution in [0.5, 0.6) is 6.01 Å². The first-order chi connectivity index (χ1) is 9.90. The van der Waals surface area contributed by atoms with Gasteiger partial charge in [0, 0.05) is 26.1 Å². The Balaban J connectivity index is 2.59. The summed E-state index contributed by atoms with van der Waals surface area (Å²) in [6.45, 7) is 8.07. The van der Waals surface area contributed by atoms with Crippen molar-refractivity contribution in [2.75, 3.05) is 24.2 Å². The number of hydrogen-bond acceptors (Lipinski definition) is 7. The molecule has 1 aromatic heterocycles. The van der Waals surface area contributed by atoms with Crippen LogP contribution < -0.4 is 20.7 Å². The lowest BCUT2D eigenvalue weighted by atomic mass is 10.3. The van der Waals surface area contributed by atoms with Crippen LogP contribution in [-0.4, -0.2) is 46.6 Å². The second-order valence-electron chi connectivity index (χ2n) is 5.08. The van der Waals surface area contributed by atoms with Crippen LogP contribution in [0, 0.1) is 0 Å². The molecule has 0 saturated heterocycles. The summed E-state index contributed by atoms with van der Waals surface area (Å²) in [5.41, 5.74) is 0. The van der Waals surface area contributed by atoms with Crippen LogP contribution in [0.1, 0.15) is 34.1 Å². The Hall–Kier alpha value is -2.12. The standard InChI is InChI=1S/C13H24N6O2/c1-8(2)16-10(20)6-7-15-12-17-11(14-5)18-13(19-12)21-9(3)4/h8-9H,6-7H2,1-5H3,(H,16,20)(H2,14,15,17,18,19). The summed E-state index contributed by atoms with van der Waals surface area (Å²) in [7, 11) is 1.72. The predicted molar refractivity (Wildman–Crippen MR) is 81.5 cm³/mol. The Morgan fingerprint density at radius 3 is 2.38 bits per heavy atom. The maximum absolute atomic E-state index is 11.5. The highest BCUT2D eigenvalue weighted by Gasteiger charge is 2.09. The molecule has 21 heavy (non-hydrogen) atoms. The van der Waals surface area contributed by atoms with Gasteiger partial charge in [0.25, 0.3) is 0 Å². The molecular weight excluding hydrogens is 272 g/mol. The highest BCUT2D eigenvalue weighted by Crippen LogP contribution is 2.12. The van der Waals surface area contributed by atoms with E-state index in [-0.39, 0.29) is 24.1 Å². The third-order valence-electron chi connectivity index (χ3n) is 2.26. The van der Waals surface area contributed by atoms with Crippen molar-refractivity contribution in [1.29, 1.82) is 0 Å². The van der Waals surface area contributed by atoms with Crippen LogP contribution >= 0.6 is 0 Å². The molecule has 0 aliphatic heterocycles. The number of hydrogen-bond donors (Lipinski definition) is 3. The fraction of sp³-hybridized carbons (Fsp3) is 0.692.